The summed E-state index contributed by atoms with van der Waals surface area (Å²) in [5.41, 5.74) is 4.05. The molecule has 21 heavy (non-hydrogen) atoms. The molecule has 2 heterocycles. The van der Waals surface area contributed by atoms with Crippen molar-refractivity contribution in [2.75, 3.05) is 6.61 Å². The number of thiazole rings is 1. The van der Waals surface area contributed by atoms with Crippen LogP contribution in [0.15, 0.2) is 18.2 Å². The van der Waals surface area contributed by atoms with E-state index in [1.165, 1.54) is 40.9 Å². The van der Waals surface area contributed by atoms with E-state index in [9.17, 15) is 0 Å². The predicted octanol–water partition coefficient (Wildman–Crippen LogP) is 4.46. The van der Waals surface area contributed by atoms with Crippen LogP contribution in [-0.2, 0) is 12.8 Å². The largest absolute Gasteiger partial charge is 0.494 e. The molecule has 0 N–H and O–H groups in total. The summed E-state index contributed by atoms with van der Waals surface area (Å²) in [6.45, 7) is 5.03. The molecule has 1 aromatic carbocycles. The van der Waals surface area contributed by atoms with E-state index in [0.717, 1.165) is 23.0 Å². The number of ether oxygens (including phenoxy) is 1. The molecule has 0 radical (unpaired) electrons. The summed E-state index contributed by atoms with van der Waals surface area (Å²) in [4.78, 5) is 6.01. The third-order valence-corrected chi connectivity index (χ3v) is 5.56. The predicted molar refractivity (Wildman–Crippen MR) is 87.6 cm³/mol. The lowest BCUT2D eigenvalue weighted by Crippen LogP contribution is -2.14. The molecule has 0 bridgehead atoms. The molecule has 1 aliphatic carbocycles. The molecule has 110 valence electrons. The van der Waals surface area contributed by atoms with Crippen LogP contribution >= 0.6 is 11.3 Å². The lowest BCUT2D eigenvalue weighted by atomic mass is 9.88. The van der Waals surface area contributed by atoms with Crippen molar-refractivity contribution in [2.45, 2.75) is 39.5 Å². The smallest absolute Gasteiger partial charge is 0.195 e. The maximum absolute atomic E-state index is 5.61. The van der Waals surface area contributed by atoms with Crippen LogP contribution < -0.4 is 4.74 Å². The molecular formula is C17H20N2OS. The van der Waals surface area contributed by atoms with Gasteiger partial charge in [-0.3, -0.25) is 4.40 Å². The van der Waals surface area contributed by atoms with E-state index < -0.39 is 0 Å². The van der Waals surface area contributed by atoms with Crippen LogP contribution in [0.5, 0.6) is 5.75 Å². The van der Waals surface area contributed by atoms with Gasteiger partial charge in [-0.2, -0.15) is 0 Å². The van der Waals surface area contributed by atoms with Crippen molar-refractivity contribution in [1.82, 2.24) is 9.38 Å². The average Bonchev–Trinajstić information content (AvgIpc) is 3.01. The second-order valence-corrected chi connectivity index (χ2v) is 6.81. The highest BCUT2D eigenvalue weighted by molar-refractivity contribution is 7.23. The zero-order valence-corrected chi connectivity index (χ0v) is 13.4. The third kappa shape index (κ3) is 2.04. The quantitative estimate of drug-likeness (QED) is 0.714. The van der Waals surface area contributed by atoms with Gasteiger partial charge in [0, 0.05) is 5.69 Å². The first kappa shape index (κ1) is 13.1. The van der Waals surface area contributed by atoms with E-state index >= 15 is 0 Å². The number of rotatable bonds is 3. The highest BCUT2D eigenvalue weighted by atomic mass is 32.1. The number of hydrogen-bond acceptors (Lipinski definition) is 3. The zero-order valence-electron chi connectivity index (χ0n) is 12.6. The molecule has 0 saturated heterocycles. The van der Waals surface area contributed by atoms with Crippen LogP contribution in [0.1, 0.15) is 38.1 Å². The van der Waals surface area contributed by atoms with Crippen molar-refractivity contribution in [2.24, 2.45) is 5.92 Å². The molecule has 0 saturated carbocycles. The number of imidazole rings is 1. The van der Waals surface area contributed by atoms with Crippen molar-refractivity contribution in [3.8, 4) is 5.75 Å². The monoisotopic (exact) mass is 300 g/mol. The fourth-order valence-electron chi connectivity index (χ4n) is 3.38. The first-order valence-electron chi connectivity index (χ1n) is 7.85. The SMILES string of the molecule is CCOc1ccc2c(c1)sc1nc3c(n12)CC(CC)CC3. The molecule has 1 unspecified atom stereocenters. The van der Waals surface area contributed by atoms with Crippen LogP contribution in [0.2, 0.25) is 0 Å². The van der Waals surface area contributed by atoms with Gasteiger partial charge in [-0.05, 0) is 50.3 Å². The summed E-state index contributed by atoms with van der Waals surface area (Å²) in [6, 6.07) is 6.40. The molecule has 0 spiro atoms. The minimum atomic E-state index is 0.710. The summed E-state index contributed by atoms with van der Waals surface area (Å²) in [7, 11) is 0. The Bertz CT molecular complexity index is 802. The van der Waals surface area contributed by atoms with Gasteiger partial charge >= 0.3 is 0 Å². The number of nitrogens with zero attached hydrogens (tertiary/aromatic N) is 2. The fourth-order valence-corrected chi connectivity index (χ4v) is 4.47. The standard InChI is InChI=1S/C17H20N2OS/c1-3-11-5-7-13-15(9-11)19-14-8-6-12(20-4-2)10-16(14)21-17(19)18-13/h6,8,10-11H,3-5,7,9H2,1-2H3. The topological polar surface area (TPSA) is 26.5 Å². The minimum Gasteiger partial charge on any atom is -0.494 e. The zero-order chi connectivity index (χ0) is 14.4. The summed E-state index contributed by atoms with van der Waals surface area (Å²) in [5, 5.41) is 0. The Balaban J connectivity index is 1.88. The molecular weight excluding hydrogens is 280 g/mol. The maximum Gasteiger partial charge on any atom is 0.195 e. The number of hydrogen-bond donors (Lipinski definition) is 0. The highest BCUT2D eigenvalue weighted by Crippen LogP contribution is 2.35. The Morgan fingerprint density at radius 3 is 3.10 bits per heavy atom. The van der Waals surface area contributed by atoms with Crippen molar-refractivity contribution < 1.29 is 4.74 Å². The molecule has 4 rings (SSSR count). The third-order valence-electron chi connectivity index (χ3n) is 4.56. The number of benzene rings is 1. The van der Waals surface area contributed by atoms with Gasteiger partial charge in [0.1, 0.15) is 5.75 Å². The van der Waals surface area contributed by atoms with Gasteiger partial charge in [0.2, 0.25) is 0 Å². The van der Waals surface area contributed by atoms with Crippen molar-refractivity contribution in [1.29, 1.82) is 0 Å². The molecule has 3 aromatic rings. The highest BCUT2D eigenvalue weighted by Gasteiger charge is 2.24. The normalized spacial score (nSPS) is 18.3. The summed E-state index contributed by atoms with van der Waals surface area (Å²) in [6.07, 6.45) is 4.87. The van der Waals surface area contributed by atoms with Crippen LogP contribution in [0.4, 0.5) is 0 Å². The van der Waals surface area contributed by atoms with Gasteiger partial charge in [-0.25, -0.2) is 4.98 Å². The maximum atomic E-state index is 5.61. The van der Waals surface area contributed by atoms with Crippen molar-refractivity contribution in [3.05, 3.63) is 29.6 Å². The summed E-state index contributed by atoms with van der Waals surface area (Å²) in [5.74, 6) is 1.77. The molecule has 0 amide bonds. The Morgan fingerprint density at radius 2 is 2.29 bits per heavy atom. The minimum absolute atomic E-state index is 0.710. The van der Waals surface area contributed by atoms with Gasteiger partial charge in [-0.1, -0.05) is 24.7 Å². The van der Waals surface area contributed by atoms with Gasteiger partial charge in [0.05, 0.1) is 22.5 Å². The average molecular weight is 300 g/mol. The molecule has 1 aliphatic rings. The summed E-state index contributed by atoms with van der Waals surface area (Å²) < 4.78 is 9.26. The van der Waals surface area contributed by atoms with E-state index in [1.54, 1.807) is 11.3 Å². The van der Waals surface area contributed by atoms with Gasteiger partial charge < -0.3 is 4.74 Å². The molecule has 0 fully saturated rings. The van der Waals surface area contributed by atoms with Crippen LogP contribution in [0, 0.1) is 5.92 Å². The number of aromatic nitrogens is 2. The Kier molecular flexibility index (Phi) is 3.14. The lowest BCUT2D eigenvalue weighted by Gasteiger charge is -2.20. The Labute approximate surface area is 128 Å². The summed E-state index contributed by atoms with van der Waals surface area (Å²) >= 11 is 1.78. The molecule has 4 heteroatoms. The number of fused-ring (bicyclic) bond motifs is 5. The van der Waals surface area contributed by atoms with Crippen LogP contribution in [0.3, 0.4) is 0 Å². The van der Waals surface area contributed by atoms with Crippen molar-refractivity contribution >= 4 is 26.5 Å². The van der Waals surface area contributed by atoms with E-state index in [0.29, 0.717) is 6.61 Å². The lowest BCUT2D eigenvalue weighted by molar-refractivity contribution is 0.341. The van der Waals surface area contributed by atoms with Crippen LogP contribution in [-0.4, -0.2) is 16.0 Å². The second-order valence-electron chi connectivity index (χ2n) is 5.80. The van der Waals surface area contributed by atoms with Gasteiger partial charge in [0.15, 0.2) is 4.96 Å². The fraction of sp³-hybridized carbons (Fsp3) is 0.471. The van der Waals surface area contributed by atoms with Gasteiger partial charge in [0.25, 0.3) is 0 Å². The van der Waals surface area contributed by atoms with Gasteiger partial charge in [-0.15, -0.1) is 0 Å². The molecule has 2 aromatic heterocycles. The Hall–Kier alpha value is -1.55. The Morgan fingerprint density at radius 1 is 1.38 bits per heavy atom. The first-order chi connectivity index (χ1) is 10.3. The molecule has 3 nitrogen and oxygen atoms in total. The van der Waals surface area contributed by atoms with E-state index in [4.69, 9.17) is 9.72 Å². The van der Waals surface area contributed by atoms with E-state index in [-0.39, 0.29) is 0 Å². The first-order valence-corrected chi connectivity index (χ1v) is 8.67. The van der Waals surface area contributed by atoms with Crippen molar-refractivity contribution in [3.63, 3.8) is 0 Å². The van der Waals surface area contributed by atoms with E-state index in [1.807, 2.05) is 6.92 Å². The number of aryl methyl sites for hydroxylation is 1. The second kappa shape index (κ2) is 5.02. The molecule has 1 atom stereocenters. The van der Waals surface area contributed by atoms with E-state index in [2.05, 4.69) is 29.5 Å². The molecule has 0 aliphatic heterocycles. The van der Waals surface area contributed by atoms with Crippen LogP contribution in [0.25, 0.3) is 15.2 Å².